The molecule has 1 aliphatic carbocycles. The summed E-state index contributed by atoms with van der Waals surface area (Å²) in [4.78, 5) is 11.9. The highest BCUT2D eigenvalue weighted by Crippen LogP contribution is 2.20. The Morgan fingerprint density at radius 1 is 1.08 bits per heavy atom. The average molecular weight is 326 g/mol. The molecule has 0 unspecified atom stereocenters. The van der Waals surface area contributed by atoms with E-state index in [2.05, 4.69) is 16.6 Å². The standard InChI is InChI=1S/C19H19FN2O2/c20-16-10-4-6-12-18(16)24-13-19(23)22-21-17-11-5-2-8-14-7-1-3-9-15(14)17/h1,3-4,6-7,9-10,12H,2,5,8,11,13H2,(H,22,23)/b21-17-. The molecule has 0 heterocycles. The third-order valence-electron chi connectivity index (χ3n) is 3.95. The van der Waals surface area contributed by atoms with Gasteiger partial charge in [0.05, 0.1) is 5.71 Å². The van der Waals surface area contributed by atoms with Crippen molar-refractivity contribution in [3.63, 3.8) is 0 Å². The molecule has 124 valence electrons. The van der Waals surface area contributed by atoms with Gasteiger partial charge in [-0.1, -0.05) is 36.4 Å². The lowest BCUT2D eigenvalue weighted by Crippen LogP contribution is -2.26. The summed E-state index contributed by atoms with van der Waals surface area (Å²) >= 11 is 0. The zero-order valence-electron chi connectivity index (χ0n) is 13.3. The molecule has 0 aliphatic heterocycles. The topological polar surface area (TPSA) is 50.7 Å². The zero-order chi connectivity index (χ0) is 16.8. The van der Waals surface area contributed by atoms with Gasteiger partial charge in [0, 0.05) is 5.56 Å². The van der Waals surface area contributed by atoms with Crippen LogP contribution in [0.1, 0.15) is 30.4 Å². The number of nitrogens with zero attached hydrogens (tertiary/aromatic N) is 1. The van der Waals surface area contributed by atoms with Gasteiger partial charge in [-0.15, -0.1) is 0 Å². The number of aryl methyl sites for hydroxylation is 1. The number of ether oxygens (including phenoxy) is 1. The second-order valence-corrected chi connectivity index (χ2v) is 5.68. The van der Waals surface area contributed by atoms with Crippen LogP contribution >= 0.6 is 0 Å². The normalized spacial score (nSPS) is 15.5. The minimum absolute atomic E-state index is 0.0557. The molecule has 0 saturated carbocycles. The fraction of sp³-hybridized carbons (Fsp3) is 0.263. The monoisotopic (exact) mass is 326 g/mol. The number of nitrogens with one attached hydrogen (secondary N) is 1. The second-order valence-electron chi connectivity index (χ2n) is 5.68. The molecule has 24 heavy (non-hydrogen) atoms. The van der Waals surface area contributed by atoms with E-state index in [0.717, 1.165) is 37.0 Å². The number of hydrogen-bond donors (Lipinski definition) is 1. The summed E-state index contributed by atoms with van der Waals surface area (Å²) in [5.74, 6) is -0.845. The molecule has 0 fully saturated rings. The Balaban J connectivity index is 1.63. The molecule has 0 aromatic heterocycles. The summed E-state index contributed by atoms with van der Waals surface area (Å²) in [6.45, 7) is -0.278. The summed E-state index contributed by atoms with van der Waals surface area (Å²) in [6.07, 6.45) is 4.00. The quantitative estimate of drug-likeness (QED) is 0.691. The molecule has 2 aromatic carbocycles. The van der Waals surface area contributed by atoms with Crippen molar-refractivity contribution < 1.29 is 13.9 Å². The minimum atomic E-state index is -0.491. The largest absolute Gasteiger partial charge is 0.481 e. The van der Waals surface area contributed by atoms with Crippen molar-refractivity contribution in [1.29, 1.82) is 0 Å². The lowest BCUT2D eigenvalue weighted by Gasteiger charge is -2.09. The van der Waals surface area contributed by atoms with Crippen molar-refractivity contribution >= 4 is 11.6 Å². The van der Waals surface area contributed by atoms with Crippen molar-refractivity contribution in [2.45, 2.75) is 25.7 Å². The smallest absolute Gasteiger partial charge is 0.277 e. The van der Waals surface area contributed by atoms with Gasteiger partial charge in [0.25, 0.3) is 5.91 Å². The number of hydrogen-bond acceptors (Lipinski definition) is 3. The Bertz CT molecular complexity index is 759. The highest BCUT2D eigenvalue weighted by molar-refractivity contribution is 6.02. The van der Waals surface area contributed by atoms with Crippen LogP contribution in [-0.2, 0) is 11.2 Å². The summed E-state index contributed by atoms with van der Waals surface area (Å²) in [6, 6.07) is 14.1. The van der Waals surface area contributed by atoms with Gasteiger partial charge in [-0.2, -0.15) is 5.10 Å². The Hall–Kier alpha value is -2.69. The van der Waals surface area contributed by atoms with Crippen LogP contribution in [0.2, 0.25) is 0 Å². The molecule has 1 amide bonds. The maximum absolute atomic E-state index is 13.4. The first-order chi connectivity index (χ1) is 11.7. The number of carbonyl (C=O) groups excluding carboxylic acids is 1. The van der Waals surface area contributed by atoms with Gasteiger partial charge in [-0.05, 0) is 43.4 Å². The van der Waals surface area contributed by atoms with Gasteiger partial charge >= 0.3 is 0 Å². The van der Waals surface area contributed by atoms with E-state index in [4.69, 9.17) is 4.74 Å². The Labute approximate surface area is 140 Å². The van der Waals surface area contributed by atoms with Crippen molar-refractivity contribution in [2.75, 3.05) is 6.61 Å². The molecule has 3 rings (SSSR count). The Morgan fingerprint density at radius 2 is 1.83 bits per heavy atom. The van der Waals surface area contributed by atoms with Gasteiger partial charge in [0.2, 0.25) is 0 Å². The molecule has 0 atom stereocenters. The summed E-state index contributed by atoms with van der Waals surface area (Å²) in [7, 11) is 0. The van der Waals surface area contributed by atoms with Crippen molar-refractivity contribution in [3.8, 4) is 5.75 Å². The molecule has 5 heteroatoms. The third kappa shape index (κ3) is 3.98. The molecule has 0 radical (unpaired) electrons. The number of fused-ring (bicyclic) bond motifs is 1. The van der Waals surface area contributed by atoms with Gasteiger partial charge < -0.3 is 4.74 Å². The number of halogens is 1. The van der Waals surface area contributed by atoms with Gasteiger partial charge in [-0.3, -0.25) is 4.79 Å². The van der Waals surface area contributed by atoms with Crippen LogP contribution in [0, 0.1) is 5.82 Å². The van der Waals surface area contributed by atoms with Crippen LogP contribution < -0.4 is 10.2 Å². The first kappa shape index (κ1) is 16.2. The number of rotatable bonds is 4. The summed E-state index contributed by atoms with van der Waals surface area (Å²) in [5.41, 5.74) is 5.73. The van der Waals surface area contributed by atoms with Crippen molar-refractivity contribution in [3.05, 3.63) is 65.5 Å². The fourth-order valence-electron chi connectivity index (χ4n) is 2.75. The molecular weight excluding hydrogens is 307 g/mol. The van der Waals surface area contributed by atoms with Crippen LogP contribution in [0.5, 0.6) is 5.75 Å². The number of para-hydroxylation sites is 1. The van der Waals surface area contributed by atoms with E-state index >= 15 is 0 Å². The van der Waals surface area contributed by atoms with Crippen molar-refractivity contribution in [1.82, 2.24) is 5.43 Å². The van der Waals surface area contributed by atoms with Crippen LogP contribution in [0.15, 0.2) is 53.6 Å². The molecule has 0 spiro atoms. The van der Waals surface area contributed by atoms with Gasteiger partial charge in [0.1, 0.15) is 0 Å². The van der Waals surface area contributed by atoms with Crippen LogP contribution in [0.25, 0.3) is 0 Å². The van der Waals surface area contributed by atoms with E-state index in [1.807, 2.05) is 18.2 Å². The molecule has 1 N–H and O–H groups in total. The predicted octanol–water partition coefficient (Wildman–Crippen LogP) is 3.45. The molecule has 0 saturated heterocycles. The summed E-state index contributed by atoms with van der Waals surface area (Å²) < 4.78 is 18.6. The highest BCUT2D eigenvalue weighted by Gasteiger charge is 2.14. The van der Waals surface area contributed by atoms with Crippen LogP contribution in [0.3, 0.4) is 0 Å². The maximum atomic E-state index is 13.4. The molecule has 4 nitrogen and oxygen atoms in total. The highest BCUT2D eigenvalue weighted by atomic mass is 19.1. The Kier molecular flexibility index (Phi) is 5.21. The lowest BCUT2D eigenvalue weighted by molar-refractivity contribution is -0.123. The van der Waals surface area contributed by atoms with E-state index in [0.29, 0.717) is 0 Å². The SMILES string of the molecule is O=C(COc1ccccc1F)N/N=C1/CCCCc2ccccc21. The number of benzene rings is 2. The van der Waals surface area contributed by atoms with Crippen molar-refractivity contribution in [2.24, 2.45) is 5.10 Å². The maximum Gasteiger partial charge on any atom is 0.277 e. The first-order valence-corrected chi connectivity index (χ1v) is 8.05. The fourth-order valence-corrected chi connectivity index (χ4v) is 2.75. The van der Waals surface area contributed by atoms with Gasteiger partial charge in [-0.25, -0.2) is 9.82 Å². The number of hydrazone groups is 1. The minimum Gasteiger partial charge on any atom is -0.481 e. The average Bonchev–Trinajstić information content (AvgIpc) is 2.81. The second kappa shape index (κ2) is 7.73. The lowest BCUT2D eigenvalue weighted by atomic mass is 10.0. The third-order valence-corrected chi connectivity index (χ3v) is 3.95. The molecule has 0 bridgehead atoms. The van der Waals surface area contributed by atoms with E-state index < -0.39 is 11.7 Å². The first-order valence-electron chi connectivity index (χ1n) is 8.05. The zero-order valence-corrected chi connectivity index (χ0v) is 13.3. The van der Waals surface area contributed by atoms with Crippen LogP contribution in [-0.4, -0.2) is 18.2 Å². The van der Waals surface area contributed by atoms with E-state index in [1.165, 1.54) is 17.7 Å². The molecule has 1 aliphatic rings. The van der Waals surface area contributed by atoms with Gasteiger partial charge in [0.15, 0.2) is 18.2 Å². The number of amides is 1. The summed E-state index contributed by atoms with van der Waals surface area (Å²) in [5, 5.41) is 4.26. The molecular formula is C19H19FN2O2. The molecule has 2 aromatic rings. The van der Waals surface area contributed by atoms with E-state index in [-0.39, 0.29) is 12.4 Å². The predicted molar refractivity (Wildman–Crippen MR) is 90.6 cm³/mol. The van der Waals surface area contributed by atoms with E-state index in [1.54, 1.807) is 12.1 Å². The van der Waals surface area contributed by atoms with Crippen LogP contribution in [0.4, 0.5) is 4.39 Å². The Morgan fingerprint density at radius 3 is 2.71 bits per heavy atom. The number of carbonyl (C=O) groups is 1. The van der Waals surface area contributed by atoms with E-state index in [9.17, 15) is 9.18 Å².